The Morgan fingerprint density at radius 1 is 1.14 bits per heavy atom. The van der Waals surface area contributed by atoms with Gasteiger partial charge in [0.2, 0.25) is 5.91 Å². The van der Waals surface area contributed by atoms with Crippen LogP contribution in [-0.2, 0) is 4.79 Å². The highest BCUT2D eigenvalue weighted by Crippen LogP contribution is 2.25. The summed E-state index contributed by atoms with van der Waals surface area (Å²) in [6.45, 7) is 5.22. The van der Waals surface area contributed by atoms with E-state index in [9.17, 15) is 4.79 Å². The van der Waals surface area contributed by atoms with E-state index in [-0.39, 0.29) is 11.9 Å². The molecule has 0 radical (unpaired) electrons. The molecule has 112 valence electrons. The van der Waals surface area contributed by atoms with Crippen LogP contribution in [0.15, 0.2) is 47.8 Å². The van der Waals surface area contributed by atoms with Gasteiger partial charge in [-0.25, -0.2) is 0 Å². The van der Waals surface area contributed by atoms with Crippen LogP contribution in [0.5, 0.6) is 0 Å². The van der Waals surface area contributed by atoms with Crippen molar-refractivity contribution < 1.29 is 4.79 Å². The van der Waals surface area contributed by atoms with Crippen molar-refractivity contribution in [2.75, 3.05) is 13.1 Å². The quantitative estimate of drug-likeness (QED) is 0.824. The lowest BCUT2D eigenvalue weighted by molar-refractivity contribution is -0.120. The van der Waals surface area contributed by atoms with E-state index in [0.29, 0.717) is 12.5 Å². The topological polar surface area (TPSA) is 41.1 Å². The number of benzene rings is 1. The lowest BCUT2D eigenvalue weighted by atomic mass is 10.1. The highest BCUT2D eigenvalue weighted by atomic mass is 32.1. The van der Waals surface area contributed by atoms with Crippen LogP contribution in [0, 0.1) is 5.92 Å². The minimum absolute atomic E-state index is 0.0428. The van der Waals surface area contributed by atoms with Crippen molar-refractivity contribution >= 4 is 17.2 Å². The van der Waals surface area contributed by atoms with E-state index in [2.05, 4.69) is 48.1 Å². The second kappa shape index (κ2) is 7.96. The number of hydrogen-bond donors (Lipinski definition) is 2. The number of rotatable bonds is 7. The predicted octanol–water partition coefficient (Wildman–Crippen LogP) is 3.20. The first-order valence-electron chi connectivity index (χ1n) is 7.25. The fourth-order valence-corrected chi connectivity index (χ4v) is 2.89. The molecular formula is C17H22N2OS. The highest BCUT2D eigenvalue weighted by Gasteiger charge is 2.15. The van der Waals surface area contributed by atoms with Crippen molar-refractivity contribution in [3.05, 3.63) is 58.3 Å². The Morgan fingerprint density at radius 2 is 1.90 bits per heavy atom. The Balaban J connectivity index is 1.99. The third-order valence-corrected chi connectivity index (χ3v) is 4.07. The normalized spacial score (nSPS) is 12.3. The Morgan fingerprint density at radius 3 is 2.52 bits per heavy atom. The van der Waals surface area contributed by atoms with Gasteiger partial charge in [0.1, 0.15) is 0 Å². The maximum atomic E-state index is 11.9. The molecule has 0 unspecified atom stereocenters. The summed E-state index contributed by atoms with van der Waals surface area (Å²) in [6, 6.07) is 14.4. The summed E-state index contributed by atoms with van der Waals surface area (Å²) in [5, 5.41) is 8.36. The summed E-state index contributed by atoms with van der Waals surface area (Å²) >= 11 is 1.70. The first kappa shape index (κ1) is 15.7. The molecule has 0 aliphatic carbocycles. The smallest absolute Gasteiger partial charge is 0.233 e. The van der Waals surface area contributed by atoms with Crippen LogP contribution >= 0.6 is 11.3 Å². The number of carbonyl (C=O) groups is 1. The average Bonchev–Trinajstić information content (AvgIpc) is 3.00. The van der Waals surface area contributed by atoms with Crippen LogP contribution in [0.3, 0.4) is 0 Å². The van der Waals surface area contributed by atoms with Crippen molar-refractivity contribution in [2.24, 2.45) is 5.92 Å². The van der Waals surface area contributed by atoms with Gasteiger partial charge in [0.05, 0.1) is 12.6 Å². The molecular weight excluding hydrogens is 280 g/mol. The molecule has 0 bridgehead atoms. The van der Waals surface area contributed by atoms with Crippen molar-refractivity contribution in [3.8, 4) is 0 Å². The SMILES string of the molecule is CC(C)CNC(=O)CN[C@H](c1ccccc1)c1cccs1. The van der Waals surface area contributed by atoms with Gasteiger partial charge in [0.25, 0.3) is 0 Å². The minimum Gasteiger partial charge on any atom is -0.355 e. The van der Waals surface area contributed by atoms with E-state index >= 15 is 0 Å². The van der Waals surface area contributed by atoms with Crippen molar-refractivity contribution in [3.63, 3.8) is 0 Å². The van der Waals surface area contributed by atoms with Gasteiger partial charge < -0.3 is 5.32 Å². The van der Waals surface area contributed by atoms with E-state index in [4.69, 9.17) is 0 Å². The molecule has 3 nitrogen and oxygen atoms in total. The van der Waals surface area contributed by atoms with Crippen molar-refractivity contribution in [1.82, 2.24) is 10.6 Å². The summed E-state index contributed by atoms with van der Waals surface area (Å²) in [5.74, 6) is 0.511. The summed E-state index contributed by atoms with van der Waals surface area (Å²) in [7, 11) is 0. The van der Waals surface area contributed by atoms with E-state index in [1.807, 2.05) is 24.3 Å². The van der Waals surface area contributed by atoms with Gasteiger partial charge in [-0.05, 0) is 22.9 Å². The standard InChI is InChI=1S/C17H22N2OS/c1-13(2)11-18-16(20)12-19-17(15-9-6-10-21-15)14-7-4-3-5-8-14/h3-10,13,17,19H,11-12H2,1-2H3,(H,18,20)/t17-/m1/s1. The number of carbonyl (C=O) groups excluding carboxylic acids is 1. The fraction of sp³-hybridized carbons (Fsp3) is 0.353. The zero-order valence-corrected chi connectivity index (χ0v) is 13.3. The van der Waals surface area contributed by atoms with Gasteiger partial charge in [-0.1, -0.05) is 50.2 Å². The minimum atomic E-state index is 0.0428. The molecule has 2 rings (SSSR count). The zero-order chi connectivity index (χ0) is 15.1. The Hall–Kier alpha value is -1.65. The molecule has 1 atom stereocenters. The van der Waals surface area contributed by atoms with Gasteiger partial charge >= 0.3 is 0 Å². The summed E-state index contributed by atoms with van der Waals surface area (Å²) < 4.78 is 0. The molecule has 0 spiro atoms. The third kappa shape index (κ3) is 4.99. The molecule has 2 N–H and O–H groups in total. The van der Waals surface area contributed by atoms with Crippen LogP contribution in [0.2, 0.25) is 0 Å². The second-order valence-corrected chi connectivity index (χ2v) is 6.42. The van der Waals surface area contributed by atoms with Gasteiger partial charge in [0, 0.05) is 11.4 Å². The van der Waals surface area contributed by atoms with Gasteiger partial charge in [0.15, 0.2) is 0 Å². The van der Waals surface area contributed by atoms with Gasteiger partial charge in [-0.2, -0.15) is 0 Å². The first-order chi connectivity index (χ1) is 10.2. The molecule has 1 amide bonds. The monoisotopic (exact) mass is 302 g/mol. The Kier molecular flexibility index (Phi) is 5.96. The zero-order valence-electron chi connectivity index (χ0n) is 12.5. The number of hydrogen-bond acceptors (Lipinski definition) is 3. The van der Waals surface area contributed by atoms with Gasteiger partial charge in [-0.15, -0.1) is 11.3 Å². The highest BCUT2D eigenvalue weighted by molar-refractivity contribution is 7.10. The average molecular weight is 302 g/mol. The summed E-state index contributed by atoms with van der Waals surface area (Å²) in [4.78, 5) is 13.1. The van der Waals surface area contributed by atoms with Crippen LogP contribution in [0.4, 0.5) is 0 Å². The van der Waals surface area contributed by atoms with E-state index < -0.39 is 0 Å². The maximum Gasteiger partial charge on any atom is 0.233 e. The molecule has 2 aromatic rings. The number of nitrogens with one attached hydrogen (secondary N) is 2. The van der Waals surface area contributed by atoms with Crippen molar-refractivity contribution in [1.29, 1.82) is 0 Å². The molecule has 1 aromatic heterocycles. The fourth-order valence-electron chi connectivity index (χ4n) is 2.06. The van der Waals surface area contributed by atoms with E-state index in [0.717, 1.165) is 6.54 Å². The van der Waals surface area contributed by atoms with E-state index in [1.165, 1.54) is 10.4 Å². The molecule has 0 aliphatic rings. The molecule has 4 heteroatoms. The number of amides is 1. The second-order valence-electron chi connectivity index (χ2n) is 5.44. The molecule has 1 aromatic carbocycles. The summed E-state index contributed by atoms with van der Waals surface area (Å²) in [6.07, 6.45) is 0. The van der Waals surface area contributed by atoms with Crippen LogP contribution in [-0.4, -0.2) is 19.0 Å². The van der Waals surface area contributed by atoms with Gasteiger partial charge in [-0.3, -0.25) is 10.1 Å². The first-order valence-corrected chi connectivity index (χ1v) is 8.13. The Bertz CT molecular complexity index is 537. The number of thiophene rings is 1. The lowest BCUT2D eigenvalue weighted by Gasteiger charge is -2.18. The molecule has 0 saturated heterocycles. The van der Waals surface area contributed by atoms with Crippen LogP contribution < -0.4 is 10.6 Å². The molecule has 0 fully saturated rings. The predicted molar refractivity (Wildman–Crippen MR) is 88.5 cm³/mol. The third-order valence-electron chi connectivity index (χ3n) is 3.13. The molecule has 0 saturated carbocycles. The van der Waals surface area contributed by atoms with E-state index in [1.54, 1.807) is 11.3 Å². The molecule has 1 heterocycles. The largest absolute Gasteiger partial charge is 0.355 e. The van der Waals surface area contributed by atoms with Crippen molar-refractivity contribution in [2.45, 2.75) is 19.9 Å². The maximum absolute atomic E-state index is 11.9. The van der Waals surface area contributed by atoms with Crippen LogP contribution in [0.1, 0.15) is 30.3 Å². The lowest BCUT2D eigenvalue weighted by Crippen LogP contribution is -2.37. The molecule has 0 aliphatic heterocycles. The summed E-state index contributed by atoms with van der Waals surface area (Å²) in [5.41, 5.74) is 1.18. The Labute approximate surface area is 130 Å². The molecule has 21 heavy (non-hydrogen) atoms. The van der Waals surface area contributed by atoms with Crippen LogP contribution in [0.25, 0.3) is 0 Å².